The van der Waals surface area contributed by atoms with Crippen molar-refractivity contribution in [1.82, 2.24) is 24.8 Å². The van der Waals surface area contributed by atoms with Gasteiger partial charge in [0.25, 0.3) is 5.56 Å². The number of nitrogens with one attached hydrogen (secondary N) is 3. The smallest absolute Gasteiger partial charge is 0.256 e. The van der Waals surface area contributed by atoms with Crippen LogP contribution >= 0.6 is 12.2 Å². The van der Waals surface area contributed by atoms with E-state index in [0.29, 0.717) is 11.3 Å². The second-order valence-electron chi connectivity index (χ2n) is 4.36. The van der Waals surface area contributed by atoms with Gasteiger partial charge in [-0.2, -0.15) is 0 Å². The normalized spacial score (nSPS) is 15.6. The van der Waals surface area contributed by atoms with Crippen molar-refractivity contribution in [2.45, 2.75) is 19.5 Å². The van der Waals surface area contributed by atoms with Crippen molar-refractivity contribution in [3.05, 3.63) is 44.6 Å². The summed E-state index contributed by atoms with van der Waals surface area (Å²) < 4.78 is 0.401. The van der Waals surface area contributed by atoms with Gasteiger partial charge in [0.05, 0.1) is 12.1 Å². The van der Waals surface area contributed by atoms with Crippen LogP contribution in [-0.2, 0) is 19.5 Å². The van der Waals surface area contributed by atoms with E-state index in [0.717, 1.165) is 36.6 Å². The lowest BCUT2D eigenvalue weighted by Crippen LogP contribution is -2.35. The molecule has 2 aromatic heterocycles. The van der Waals surface area contributed by atoms with Crippen LogP contribution in [0.15, 0.2) is 17.2 Å². The molecule has 6 nitrogen and oxygen atoms in total. The Bertz CT molecular complexity index is 657. The first-order valence-electron chi connectivity index (χ1n) is 5.77. The number of aromatic amines is 3. The van der Waals surface area contributed by atoms with Crippen LogP contribution in [0.2, 0.25) is 0 Å². The summed E-state index contributed by atoms with van der Waals surface area (Å²) in [6, 6.07) is 0. The maximum absolute atomic E-state index is 11.8. The highest BCUT2D eigenvalue weighted by atomic mass is 32.1. The zero-order chi connectivity index (χ0) is 12.5. The molecule has 0 amide bonds. The molecule has 2 aromatic rings. The number of imidazole rings is 1. The third kappa shape index (κ3) is 2.14. The van der Waals surface area contributed by atoms with Gasteiger partial charge in [-0.3, -0.25) is 14.7 Å². The maximum Gasteiger partial charge on any atom is 0.256 e. The highest BCUT2D eigenvalue weighted by Crippen LogP contribution is 2.14. The molecule has 0 aromatic carbocycles. The van der Waals surface area contributed by atoms with E-state index in [1.54, 1.807) is 12.4 Å². The van der Waals surface area contributed by atoms with Crippen LogP contribution in [0.3, 0.4) is 0 Å². The minimum Gasteiger partial charge on any atom is -0.348 e. The Hall–Kier alpha value is -1.73. The van der Waals surface area contributed by atoms with Crippen molar-refractivity contribution in [2.75, 3.05) is 6.54 Å². The monoisotopic (exact) mass is 263 g/mol. The van der Waals surface area contributed by atoms with Crippen molar-refractivity contribution >= 4 is 12.2 Å². The topological polar surface area (TPSA) is 80.6 Å². The van der Waals surface area contributed by atoms with E-state index in [9.17, 15) is 4.79 Å². The lowest BCUT2D eigenvalue weighted by atomic mass is 10.1. The lowest BCUT2D eigenvalue weighted by molar-refractivity contribution is 0.236. The first kappa shape index (κ1) is 11.4. The minimum atomic E-state index is -0.0853. The average Bonchev–Trinajstić information content (AvgIpc) is 2.83. The molecule has 0 fully saturated rings. The van der Waals surface area contributed by atoms with Crippen molar-refractivity contribution in [3.63, 3.8) is 0 Å². The summed E-state index contributed by atoms with van der Waals surface area (Å²) in [4.78, 5) is 27.0. The first-order valence-corrected chi connectivity index (χ1v) is 6.18. The molecule has 0 aliphatic carbocycles. The molecule has 0 atom stereocenters. The van der Waals surface area contributed by atoms with Gasteiger partial charge in [0.15, 0.2) is 4.77 Å². The van der Waals surface area contributed by atoms with Crippen LogP contribution in [0.25, 0.3) is 0 Å². The van der Waals surface area contributed by atoms with Gasteiger partial charge in [-0.15, -0.1) is 0 Å². The van der Waals surface area contributed by atoms with Crippen LogP contribution in [0, 0.1) is 4.77 Å². The van der Waals surface area contributed by atoms with Crippen molar-refractivity contribution in [2.24, 2.45) is 0 Å². The molecule has 3 rings (SSSR count). The molecule has 0 bridgehead atoms. The summed E-state index contributed by atoms with van der Waals surface area (Å²) in [5.74, 6) is 0.916. The number of hydrogen-bond donors (Lipinski definition) is 3. The summed E-state index contributed by atoms with van der Waals surface area (Å²) >= 11 is 4.97. The molecule has 0 radical (unpaired) electrons. The van der Waals surface area contributed by atoms with Crippen LogP contribution in [0.4, 0.5) is 0 Å². The summed E-state index contributed by atoms with van der Waals surface area (Å²) in [5, 5.41) is 0. The minimum absolute atomic E-state index is 0.0853. The molecule has 0 spiro atoms. The van der Waals surface area contributed by atoms with Crippen molar-refractivity contribution in [1.29, 1.82) is 0 Å². The summed E-state index contributed by atoms with van der Waals surface area (Å²) in [6.07, 6.45) is 4.35. The highest BCUT2D eigenvalue weighted by molar-refractivity contribution is 7.71. The fraction of sp³-hybridized carbons (Fsp3) is 0.364. The zero-order valence-electron chi connectivity index (χ0n) is 9.69. The molecule has 0 unspecified atom stereocenters. The Labute approximate surface area is 108 Å². The van der Waals surface area contributed by atoms with Gasteiger partial charge in [0, 0.05) is 37.6 Å². The molecule has 0 saturated heterocycles. The third-order valence-corrected chi connectivity index (χ3v) is 3.32. The van der Waals surface area contributed by atoms with E-state index in [2.05, 4.69) is 24.8 Å². The van der Waals surface area contributed by atoms with E-state index in [-0.39, 0.29) is 5.56 Å². The van der Waals surface area contributed by atoms with Crippen LogP contribution in [0.1, 0.15) is 17.1 Å². The molecule has 18 heavy (non-hydrogen) atoms. The molecule has 3 heterocycles. The van der Waals surface area contributed by atoms with Gasteiger partial charge < -0.3 is 9.97 Å². The number of hydrogen-bond acceptors (Lipinski definition) is 4. The Morgan fingerprint density at radius 3 is 3.11 bits per heavy atom. The maximum atomic E-state index is 11.8. The van der Waals surface area contributed by atoms with E-state index >= 15 is 0 Å². The van der Waals surface area contributed by atoms with Gasteiger partial charge in [-0.05, 0) is 12.2 Å². The number of fused-ring (bicyclic) bond motifs is 1. The van der Waals surface area contributed by atoms with Gasteiger partial charge in [-0.1, -0.05) is 0 Å². The summed E-state index contributed by atoms with van der Waals surface area (Å²) in [5.41, 5.74) is 1.65. The number of nitrogens with zero attached hydrogens (tertiary/aromatic N) is 2. The van der Waals surface area contributed by atoms with Crippen molar-refractivity contribution < 1.29 is 0 Å². The highest BCUT2D eigenvalue weighted by Gasteiger charge is 2.20. The number of aromatic nitrogens is 4. The molecule has 1 aliphatic rings. The molecular weight excluding hydrogens is 250 g/mol. The first-order chi connectivity index (χ1) is 8.72. The van der Waals surface area contributed by atoms with Gasteiger partial charge in [0.1, 0.15) is 5.82 Å². The second-order valence-corrected chi connectivity index (χ2v) is 4.77. The molecule has 0 saturated carbocycles. The second kappa shape index (κ2) is 4.51. The van der Waals surface area contributed by atoms with E-state index in [4.69, 9.17) is 12.2 Å². The predicted molar refractivity (Wildman–Crippen MR) is 68.7 cm³/mol. The van der Waals surface area contributed by atoms with Gasteiger partial charge in [-0.25, -0.2) is 4.98 Å². The fourth-order valence-corrected chi connectivity index (χ4v) is 2.46. The lowest BCUT2D eigenvalue weighted by Gasteiger charge is -2.26. The van der Waals surface area contributed by atoms with E-state index in [1.165, 1.54) is 0 Å². The Kier molecular flexibility index (Phi) is 2.85. The number of rotatable bonds is 2. The van der Waals surface area contributed by atoms with Crippen LogP contribution in [0.5, 0.6) is 0 Å². The molecular formula is C11H13N5OS. The molecule has 7 heteroatoms. The van der Waals surface area contributed by atoms with Crippen molar-refractivity contribution in [3.8, 4) is 0 Å². The largest absolute Gasteiger partial charge is 0.348 e. The van der Waals surface area contributed by atoms with Crippen LogP contribution < -0.4 is 5.56 Å². The molecule has 3 N–H and O–H groups in total. The third-order valence-electron chi connectivity index (χ3n) is 3.12. The van der Waals surface area contributed by atoms with Gasteiger partial charge >= 0.3 is 0 Å². The van der Waals surface area contributed by atoms with E-state index < -0.39 is 0 Å². The molecule has 94 valence electrons. The predicted octanol–water partition coefficient (Wildman–Crippen LogP) is 0.714. The fourth-order valence-electron chi connectivity index (χ4n) is 2.24. The number of H-pyrrole nitrogens is 3. The molecule has 1 aliphatic heterocycles. The Morgan fingerprint density at radius 2 is 2.33 bits per heavy atom. The quantitative estimate of drug-likeness (QED) is 0.697. The zero-order valence-corrected chi connectivity index (χ0v) is 10.5. The Balaban J connectivity index is 1.85. The van der Waals surface area contributed by atoms with Crippen LogP contribution in [-0.4, -0.2) is 31.4 Å². The Morgan fingerprint density at radius 1 is 1.44 bits per heavy atom. The van der Waals surface area contributed by atoms with Gasteiger partial charge in [0.2, 0.25) is 0 Å². The summed E-state index contributed by atoms with van der Waals surface area (Å²) in [7, 11) is 0. The average molecular weight is 263 g/mol. The SMILES string of the molecule is O=c1[nH]c(=S)[nH]c2c1CN(Cc1ncc[nH]1)CC2. The standard InChI is InChI=1S/C11H13N5OS/c17-10-7-5-16(6-9-12-2-3-13-9)4-1-8(7)14-11(18)15-10/h2-3H,1,4-6H2,(H,12,13)(H2,14,15,17,18). The summed E-state index contributed by atoms with van der Waals surface area (Å²) in [6.45, 7) is 2.24. The van der Waals surface area contributed by atoms with E-state index in [1.807, 2.05) is 0 Å².